The van der Waals surface area contributed by atoms with Crippen molar-refractivity contribution < 1.29 is 12.3 Å². The van der Waals surface area contributed by atoms with Crippen molar-refractivity contribution >= 4 is 37.3 Å². The van der Waals surface area contributed by atoms with Crippen molar-refractivity contribution in [1.29, 1.82) is 0 Å². The quantitative estimate of drug-likeness (QED) is 0.403. The zero-order valence-electron chi connectivity index (χ0n) is 6.07. The second-order valence-corrected chi connectivity index (χ2v) is 5.43. The summed E-state index contributed by atoms with van der Waals surface area (Å²) in [6.45, 7) is 0. The standard InChI is InChI=1S/C5H9F3S2Si/c1-10-5(9)3-2-4-11(6,7)8/h2-4H2,1H3. The molecule has 0 radical (unpaired) electrons. The second kappa shape index (κ2) is 5.16. The minimum atomic E-state index is -5.31. The lowest BCUT2D eigenvalue weighted by Crippen LogP contribution is -2.13. The van der Waals surface area contributed by atoms with Crippen molar-refractivity contribution in [2.24, 2.45) is 0 Å². The summed E-state index contributed by atoms with van der Waals surface area (Å²) < 4.78 is 35.8. The van der Waals surface area contributed by atoms with Gasteiger partial charge in [0.25, 0.3) is 0 Å². The Kier molecular flexibility index (Phi) is 5.37. The first-order valence-electron chi connectivity index (χ1n) is 3.09. The molecule has 0 saturated carbocycles. The molecule has 0 heterocycles. The van der Waals surface area contributed by atoms with Gasteiger partial charge in [-0.05, 0) is 19.1 Å². The maximum Gasteiger partial charge on any atom is 0.616 e. The van der Waals surface area contributed by atoms with Crippen LogP contribution in [0, 0.1) is 0 Å². The van der Waals surface area contributed by atoms with Crippen LogP contribution in [-0.2, 0) is 0 Å². The van der Waals surface area contributed by atoms with Crippen LogP contribution in [0.3, 0.4) is 0 Å². The summed E-state index contributed by atoms with van der Waals surface area (Å²) in [5.74, 6) is 0. The fourth-order valence-corrected chi connectivity index (χ4v) is 1.61. The van der Waals surface area contributed by atoms with Crippen LogP contribution < -0.4 is 0 Å². The highest BCUT2D eigenvalue weighted by Gasteiger charge is 2.35. The van der Waals surface area contributed by atoms with Crippen molar-refractivity contribution in [2.75, 3.05) is 6.26 Å². The Balaban J connectivity index is 3.35. The van der Waals surface area contributed by atoms with E-state index in [1.54, 1.807) is 6.26 Å². The Morgan fingerprint density at radius 2 is 2.00 bits per heavy atom. The van der Waals surface area contributed by atoms with Gasteiger partial charge in [0.05, 0.1) is 0 Å². The molecule has 0 bridgehead atoms. The molecule has 11 heavy (non-hydrogen) atoms. The summed E-state index contributed by atoms with van der Waals surface area (Å²) in [6, 6.07) is -0.590. The highest BCUT2D eigenvalue weighted by atomic mass is 32.2. The number of thioether (sulfide) groups is 1. The Morgan fingerprint density at radius 1 is 1.45 bits per heavy atom. The van der Waals surface area contributed by atoms with Crippen molar-refractivity contribution in [3.8, 4) is 0 Å². The average molecular weight is 218 g/mol. The van der Waals surface area contributed by atoms with Crippen LogP contribution in [0.2, 0.25) is 6.04 Å². The van der Waals surface area contributed by atoms with E-state index in [4.69, 9.17) is 12.2 Å². The van der Waals surface area contributed by atoms with E-state index >= 15 is 0 Å². The molecule has 0 amide bonds. The molecule has 0 unspecified atom stereocenters. The van der Waals surface area contributed by atoms with Crippen LogP contribution in [0.5, 0.6) is 0 Å². The molecule has 0 aliphatic carbocycles. The maximum atomic E-state index is 11.7. The Labute approximate surface area is 75.1 Å². The van der Waals surface area contributed by atoms with Gasteiger partial charge in [0, 0.05) is 10.2 Å². The van der Waals surface area contributed by atoms with Gasteiger partial charge >= 0.3 is 9.08 Å². The third-order valence-corrected chi connectivity index (χ3v) is 3.35. The molecule has 6 heteroatoms. The SMILES string of the molecule is CSC(=S)CCC[Si](F)(F)F. The fraction of sp³-hybridized carbons (Fsp3) is 0.800. The van der Waals surface area contributed by atoms with Crippen molar-refractivity contribution in [1.82, 2.24) is 0 Å². The predicted octanol–water partition coefficient (Wildman–Crippen LogP) is 3.30. The molecule has 0 aromatic heterocycles. The first-order chi connectivity index (χ1) is 4.95. The molecule has 0 nitrogen and oxygen atoms in total. The van der Waals surface area contributed by atoms with Crippen LogP contribution in [0.25, 0.3) is 0 Å². The Hall–Kier alpha value is 0.447. The van der Waals surface area contributed by atoms with Crippen LogP contribution in [0.1, 0.15) is 12.8 Å². The van der Waals surface area contributed by atoms with Crippen molar-refractivity contribution in [3.63, 3.8) is 0 Å². The van der Waals surface area contributed by atoms with E-state index in [0.29, 0.717) is 10.6 Å². The summed E-state index contributed by atoms with van der Waals surface area (Å²) in [5.41, 5.74) is 0. The molecule has 0 N–H and O–H groups in total. The summed E-state index contributed by atoms with van der Waals surface area (Å²) in [5, 5.41) is 0. The van der Waals surface area contributed by atoms with E-state index in [1.807, 2.05) is 0 Å². The monoisotopic (exact) mass is 218 g/mol. The minimum Gasteiger partial charge on any atom is -0.238 e. The fourth-order valence-electron chi connectivity index (χ4n) is 0.535. The molecule has 0 aromatic carbocycles. The first kappa shape index (κ1) is 11.4. The molecule has 0 aliphatic rings. The third kappa shape index (κ3) is 8.35. The van der Waals surface area contributed by atoms with E-state index in [2.05, 4.69) is 0 Å². The lowest BCUT2D eigenvalue weighted by atomic mass is 10.4. The van der Waals surface area contributed by atoms with E-state index in [1.165, 1.54) is 11.8 Å². The highest BCUT2D eigenvalue weighted by Crippen LogP contribution is 2.19. The average Bonchev–Trinajstić information content (AvgIpc) is 1.85. The van der Waals surface area contributed by atoms with E-state index in [-0.39, 0.29) is 6.42 Å². The van der Waals surface area contributed by atoms with Gasteiger partial charge in [0.2, 0.25) is 0 Å². The Morgan fingerprint density at radius 3 is 2.36 bits per heavy atom. The van der Waals surface area contributed by atoms with Crippen LogP contribution in [0.15, 0.2) is 0 Å². The third-order valence-electron chi connectivity index (χ3n) is 1.07. The van der Waals surface area contributed by atoms with E-state index in [9.17, 15) is 12.3 Å². The molecular weight excluding hydrogens is 209 g/mol. The van der Waals surface area contributed by atoms with Gasteiger partial charge < -0.3 is 0 Å². The summed E-state index contributed by atoms with van der Waals surface area (Å²) in [4.78, 5) is 0. The lowest BCUT2D eigenvalue weighted by Gasteiger charge is -2.01. The van der Waals surface area contributed by atoms with Gasteiger partial charge in [-0.15, -0.1) is 11.8 Å². The number of rotatable bonds is 4. The van der Waals surface area contributed by atoms with E-state index in [0.717, 1.165) is 0 Å². The maximum absolute atomic E-state index is 11.7. The van der Waals surface area contributed by atoms with Crippen molar-refractivity contribution in [2.45, 2.75) is 18.9 Å². The summed E-state index contributed by atoms with van der Waals surface area (Å²) >= 11 is 6.11. The van der Waals surface area contributed by atoms with Gasteiger partial charge in [-0.25, -0.2) is 12.3 Å². The summed E-state index contributed by atoms with van der Waals surface area (Å²) in [7, 11) is -5.31. The van der Waals surface area contributed by atoms with E-state index < -0.39 is 15.1 Å². The normalized spacial score (nSPS) is 11.6. The molecule has 0 aromatic rings. The molecule has 0 saturated heterocycles. The lowest BCUT2D eigenvalue weighted by molar-refractivity contribution is 0.465. The van der Waals surface area contributed by atoms with Gasteiger partial charge in [-0.3, -0.25) is 0 Å². The largest absolute Gasteiger partial charge is 0.616 e. The Bertz CT molecular complexity index is 134. The molecule has 66 valence electrons. The van der Waals surface area contributed by atoms with Crippen molar-refractivity contribution in [3.05, 3.63) is 0 Å². The number of halogens is 3. The smallest absolute Gasteiger partial charge is 0.238 e. The molecule has 0 rings (SSSR count). The number of hydrogen-bond donors (Lipinski definition) is 0. The van der Waals surface area contributed by atoms with Gasteiger partial charge in [0.1, 0.15) is 0 Å². The molecule has 0 atom stereocenters. The summed E-state index contributed by atoms with van der Waals surface area (Å²) in [6.07, 6.45) is 2.38. The molecular formula is C5H9F3S2Si. The molecule has 0 aliphatic heterocycles. The van der Waals surface area contributed by atoms with Crippen LogP contribution in [-0.4, -0.2) is 19.5 Å². The highest BCUT2D eigenvalue weighted by molar-refractivity contribution is 8.22. The zero-order valence-corrected chi connectivity index (χ0v) is 8.70. The van der Waals surface area contributed by atoms with Crippen LogP contribution in [0.4, 0.5) is 12.3 Å². The second-order valence-electron chi connectivity index (χ2n) is 2.04. The number of thiocarbonyl (C=S) groups is 1. The zero-order chi connectivity index (χ0) is 8.91. The molecule has 0 spiro atoms. The predicted molar refractivity (Wildman–Crippen MR) is 49.2 cm³/mol. The number of hydrogen-bond acceptors (Lipinski definition) is 2. The van der Waals surface area contributed by atoms with Crippen LogP contribution >= 0.6 is 24.0 Å². The van der Waals surface area contributed by atoms with Gasteiger partial charge in [0.15, 0.2) is 0 Å². The molecule has 0 fully saturated rings. The van der Waals surface area contributed by atoms with Gasteiger partial charge in [-0.2, -0.15) is 0 Å². The van der Waals surface area contributed by atoms with Gasteiger partial charge in [-0.1, -0.05) is 12.2 Å². The minimum absolute atomic E-state index is 0.176. The first-order valence-corrected chi connectivity index (χ1v) is 6.56. The topological polar surface area (TPSA) is 0 Å².